The molecule has 2 aromatic rings. The number of hydrogen-bond acceptors (Lipinski definition) is 3. The third kappa shape index (κ3) is 5.03. The molecule has 0 unspecified atom stereocenters. The number of likely N-dealkylation sites (tertiary alicyclic amines) is 1. The average Bonchev–Trinajstić information content (AvgIpc) is 3.16. The molecule has 4 rings (SSSR count). The Kier molecular flexibility index (Phi) is 6.43. The Hall–Kier alpha value is -2.94. The number of halogens is 4. The first kappa shape index (κ1) is 23.2. The standard InChI is InChI=1S/C23H23ClF3N3O3/c24-18-12-17(28-21(31)19-3-1-2-9-30(19)22(32)33)11-15-8-10-29(20(15)18)13-14-4-6-16(7-5-14)23(25,26)27/h4-7,11-12,19H,1-3,8-10,13H2,(H,28,31)(H,32,33)/t19-/m1/s1. The molecule has 2 amide bonds. The number of hydrogen-bond donors (Lipinski definition) is 2. The van der Waals surface area contributed by atoms with Crippen LogP contribution in [0.5, 0.6) is 0 Å². The molecule has 0 radical (unpaired) electrons. The highest BCUT2D eigenvalue weighted by atomic mass is 35.5. The van der Waals surface area contributed by atoms with Gasteiger partial charge in [0.1, 0.15) is 6.04 Å². The normalized spacial score (nSPS) is 18.2. The van der Waals surface area contributed by atoms with Gasteiger partial charge in [-0.15, -0.1) is 0 Å². The van der Waals surface area contributed by atoms with E-state index < -0.39 is 23.9 Å². The van der Waals surface area contributed by atoms with Gasteiger partial charge in [0.25, 0.3) is 0 Å². The predicted molar refractivity (Wildman–Crippen MR) is 119 cm³/mol. The first-order valence-electron chi connectivity index (χ1n) is 10.7. The third-order valence-corrected chi connectivity index (χ3v) is 6.37. The zero-order valence-electron chi connectivity index (χ0n) is 17.7. The summed E-state index contributed by atoms with van der Waals surface area (Å²) in [6, 6.07) is 7.76. The molecule has 0 bridgehead atoms. The second-order valence-corrected chi connectivity index (χ2v) is 8.72. The van der Waals surface area contributed by atoms with Gasteiger partial charge in [0, 0.05) is 25.3 Å². The third-order valence-electron chi connectivity index (χ3n) is 6.08. The lowest BCUT2D eigenvalue weighted by Crippen LogP contribution is -2.49. The molecule has 2 N–H and O–H groups in total. The van der Waals surface area contributed by atoms with Crippen LogP contribution in [-0.4, -0.2) is 41.1 Å². The largest absolute Gasteiger partial charge is 0.465 e. The minimum atomic E-state index is -4.37. The van der Waals surface area contributed by atoms with Gasteiger partial charge < -0.3 is 15.3 Å². The fourth-order valence-corrected chi connectivity index (χ4v) is 4.83. The Morgan fingerprint density at radius 3 is 2.52 bits per heavy atom. The molecular formula is C23H23ClF3N3O3. The highest BCUT2D eigenvalue weighted by Crippen LogP contribution is 2.39. The van der Waals surface area contributed by atoms with Crippen molar-refractivity contribution in [2.75, 3.05) is 23.3 Å². The van der Waals surface area contributed by atoms with E-state index in [4.69, 9.17) is 11.6 Å². The summed E-state index contributed by atoms with van der Waals surface area (Å²) in [4.78, 5) is 27.4. The van der Waals surface area contributed by atoms with Gasteiger partial charge in [0.15, 0.2) is 0 Å². The second-order valence-electron chi connectivity index (χ2n) is 8.31. The molecule has 2 aliphatic rings. The number of nitrogens with one attached hydrogen (secondary N) is 1. The van der Waals surface area contributed by atoms with Gasteiger partial charge >= 0.3 is 12.3 Å². The van der Waals surface area contributed by atoms with Gasteiger partial charge in [0.05, 0.1) is 16.3 Å². The number of carbonyl (C=O) groups excluding carboxylic acids is 1. The molecule has 2 aromatic carbocycles. The molecule has 10 heteroatoms. The average molecular weight is 482 g/mol. The number of amides is 2. The smallest absolute Gasteiger partial charge is 0.416 e. The quantitative estimate of drug-likeness (QED) is 0.614. The highest BCUT2D eigenvalue weighted by Gasteiger charge is 2.33. The Bertz CT molecular complexity index is 1060. The van der Waals surface area contributed by atoms with E-state index in [1.807, 2.05) is 11.0 Å². The lowest BCUT2D eigenvalue weighted by atomic mass is 10.0. The van der Waals surface area contributed by atoms with Crippen molar-refractivity contribution in [3.63, 3.8) is 0 Å². The van der Waals surface area contributed by atoms with E-state index in [9.17, 15) is 27.9 Å². The number of piperidine rings is 1. The summed E-state index contributed by atoms with van der Waals surface area (Å²) in [6.45, 7) is 1.38. The maximum Gasteiger partial charge on any atom is 0.416 e. The minimum absolute atomic E-state index is 0.331. The number of benzene rings is 2. The number of nitrogens with zero attached hydrogens (tertiary/aromatic N) is 2. The Morgan fingerprint density at radius 1 is 1.12 bits per heavy atom. The molecule has 1 atom stereocenters. The van der Waals surface area contributed by atoms with Gasteiger partial charge in [-0.3, -0.25) is 9.69 Å². The summed E-state index contributed by atoms with van der Waals surface area (Å²) in [5, 5.41) is 12.6. The summed E-state index contributed by atoms with van der Waals surface area (Å²) >= 11 is 6.52. The number of rotatable bonds is 4. The molecular weight excluding hydrogens is 459 g/mol. The van der Waals surface area contributed by atoms with Gasteiger partial charge in [-0.05, 0) is 61.1 Å². The zero-order valence-corrected chi connectivity index (χ0v) is 18.4. The van der Waals surface area contributed by atoms with Gasteiger partial charge in [-0.1, -0.05) is 23.7 Å². The van der Waals surface area contributed by atoms with Crippen molar-refractivity contribution in [3.05, 3.63) is 58.1 Å². The summed E-state index contributed by atoms with van der Waals surface area (Å²) in [5.74, 6) is -0.382. The Balaban J connectivity index is 1.47. The van der Waals surface area contributed by atoms with E-state index in [0.29, 0.717) is 43.2 Å². The van der Waals surface area contributed by atoms with Crippen molar-refractivity contribution in [1.29, 1.82) is 0 Å². The molecule has 0 aromatic heterocycles. The van der Waals surface area contributed by atoms with E-state index >= 15 is 0 Å². The maximum absolute atomic E-state index is 12.8. The van der Waals surface area contributed by atoms with Crippen LogP contribution in [0.3, 0.4) is 0 Å². The topological polar surface area (TPSA) is 72.9 Å². The van der Waals surface area contributed by atoms with Crippen LogP contribution in [0.15, 0.2) is 36.4 Å². The van der Waals surface area contributed by atoms with Crippen LogP contribution < -0.4 is 10.2 Å². The summed E-state index contributed by atoms with van der Waals surface area (Å²) in [6.07, 6.45) is -2.83. The van der Waals surface area contributed by atoms with E-state index in [0.717, 1.165) is 41.8 Å². The van der Waals surface area contributed by atoms with Crippen LogP contribution in [0.4, 0.5) is 29.3 Å². The Labute approximate surface area is 193 Å². The molecule has 0 aliphatic carbocycles. The molecule has 176 valence electrons. The van der Waals surface area contributed by atoms with E-state index in [-0.39, 0.29) is 5.91 Å². The van der Waals surface area contributed by atoms with Crippen molar-refractivity contribution in [2.45, 2.75) is 44.4 Å². The van der Waals surface area contributed by atoms with Gasteiger partial charge in [0.2, 0.25) is 5.91 Å². The first-order valence-corrected chi connectivity index (χ1v) is 11.0. The molecule has 2 heterocycles. The SMILES string of the molecule is O=C(Nc1cc(Cl)c2c(c1)CCN2Cc1ccc(C(F)(F)F)cc1)[C@H]1CCCCN1C(=O)O. The molecule has 1 saturated heterocycles. The van der Waals surface area contributed by atoms with E-state index in [1.165, 1.54) is 17.0 Å². The molecule has 0 spiro atoms. The van der Waals surface area contributed by atoms with Gasteiger partial charge in [-0.25, -0.2) is 4.79 Å². The summed E-state index contributed by atoms with van der Waals surface area (Å²) in [7, 11) is 0. The lowest BCUT2D eigenvalue weighted by Gasteiger charge is -2.32. The number of anilines is 2. The van der Waals surface area contributed by atoms with Crippen molar-refractivity contribution < 1.29 is 27.9 Å². The monoisotopic (exact) mass is 481 g/mol. The number of fused-ring (bicyclic) bond motifs is 1. The Morgan fingerprint density at radius 2 is 1.85 bits per heavy atom. The number of alkyl halides is 3. The van der Waals surface area contributed by atoms with Crippen LogP contribution in [0, 0.1) is 0 Å². The van der Waals surface area contributed by atoms with E-state index in [1.54, 1.807) is 6.07 Å². The minimum Gasteiger partial charge on any atom is -0.465 e. The molecule has 0 saturated carbocycles. The van der Waals surface area contributed by atoms with Crippen molar-refractivity contribution in [3.8, 4) is 0 Å². The molecule has 2 aliphatic heterocycles. The van der Waals surface area contributed by atoms with Crippen molar-refractivity contribution in [1.82, 2.24) is 4.90 Å². The number of carbonyl (C=O) groups is 2. The number of carboxylic acid groups (broad SMARTS) is 1. The maximum atomic E-state index is 12.8. The van der Waals surface area contributed by atoms with Crippen LogP contribution in [0.1, 0.15) is 36.0 Å². The van der Waals surface area contributed by atoms with Crippen molar-refractivity contribution >= 4 is 35.0 Å². The van der Waals surface area contributed by atoms with Crippen LogP contribution in [-0.2, 0) is 23.9 Å². The fraction of sp³-hybridized carbons (Fsp3) is 0.391. The first-order chi connectivity index (χ1) is 15.6. The fourth-order valence-electron chi connectivity index (χ4n) is 4.48. The second kappa shape index (κ2) is 9.13. The lowest BCUT2D eigenvalue weighted by molar-refractivity contribution is -0.137. The van der Waals surface area contributed by atoms with Gasteiger partial charge in [-0.2, -0.15) is 13.2 Å². The summed E-state index contributed by atoms with van der Waals surface area (Å²) in [5.41, 5.74) is 2.25. The zero-order chi connectivity index (χ0) is 23.8. The molecule has 1 fully saturated rings. The van der Waals surface area contributed by atoms with Crippen LogP contribution in [0.2, 0.25) is 5.02 Å². The van der Waals surface area contributed by atoms with Crippen molar-refractivity contribution in [2.24, 2.45) is 0 Å². The van der Waals surface area contributed by atoms with Crippen LogP contribution in [0.25, 0.3) is 0 Å². The van der Waals surface area contributed by atoms with Crippen LogP contribution >= 0.6 is 11.6 Å². The van der Waals surface area contributed by atoms with E-state index in [2.05, 4.69) is 5.32 Å². The highest BCUT2D eigenvalue weighted by molar-refractivity contribution is 6.34. The predicted octanol–water partition coefficient (Wildman–Crippen LogP) is 5.39. The molecule has 6 nitrogen and oxygen atoms in total. The summed E-state index contributed by atoms with van der Waals surface area (Å²) < 4.78 is 38.4. The molecule has 33 heavy (non-hydrogen) atoms.